The van der Waals surface area contributed by atoms with Gasteiger partial charge in [0.2, 0.25) is 0 Å². The summed E-state index contributed by atoms with van der Waals surface area (Å²) in [5.74, 6) is 0.0148. The largest absolute Gasteiger partial charge is 0.372 e. The molecule has 0 saturated carbocycles. The van der Waals surface area contributed by atoms with Crippen molar-refractivity contribution in [1.82, 2.24) is 14.8 Å². The molecule has 1 aromatic heterocycles. The zero-order valence-corrected chi connectivity index (χ0v) is 13.5. The maximum absolute atomic E-state index is 12.1. The van der Waals surface area contributed by atoms with E-state index in [1.807, 2.05) is 12.2 Å². The Morgan fingerprint density at radius 2 is 2.00 bits per heavy atom. The van der Waals surface area contributed by atoms with Crippen LogP contribution in [0.15, 0.2) is 41.8 Å². The second-order valence-corrected chi connectivity index (χ2v) is 6.09. The maximum atomic E-state index is 12.1. The van der Waals surface area contributed by atoms with Crippen molar-refractivity contribution in [2.24, 2.45) is 0 Å². The first-order valence-electron chi connectivity index (χ1n) is 7.37. The highest BCUT2D eigenvalue weighted by Crippen LogP contribution is 2.30. The summed E-state index contributed by atoms with van der Waals surface area (Å²) >= 11 is 1.43. The molecule has 22 heavy (non-hydrogen) atoms. The molecule has 3 rings (SSSR count). The maximum Gasteiger partial charge on any atom is 0.251 e. The van der Waals surface area contributed by atoms with Crippen LogP contribution in [0.1, 0.15) is 24.2 Å². The van der Waals surface area contributed by atoms with Gasteiger partial charge in [0.1, 0.15) is 11.6 Å². The summed E-state index contributed by atoms with van der Waals surface area (Å²) in [6.07, 6.45) is 5.38. The number of fused-ring (bicyclic) bond motifs is 1. The molecule has 0 bridgehead atoms. The van der Waals surface area contributed by atoms with Gasteiger partial charge in [-0.3, -0.25) is 4.79 Å². The van der Waals surface area contributed by atoms with Crippen LogP contribution in [0.4, 0.5) is 5.69 Å². The molecule has 1 unspecified atom stereocenters. The first kappa shape index (κ1) is 14.8. The van der Waals surface area contributed by atoms with Crippen molar-refractivity contribution in [3.8, 4) is 0 Å². The van der Waals surface area contributed by atoms with Crippen molar-refractivity contribution in [2.75, 3.05) is 18.0 Å². The highest BCUT2D eigenvalue weighted by Gasteiger charge is 2.30. The van der Waals surface area contributed by atoms with E-state index in [2.05, 4.69) is 53.2 Å². The van der Waals surface area contributed by atoms with Gasteiger partial charge in [0.25, 0.3) is 5.91 Å². The lowest BCUT2D eigenvalue weighted by Crippen LogP contribution is -2.21. The normalized spacial score (nSPS) is 17.2. The van der Waals surface area contributed by atoms with E-state index in [-0.39, 0.29) is 11.2 Å². The number of carbonyl (C=O) groups is 1. The van der Waals surface area contributed by atoms with Gasteiger partial charge in [0.15, 0.2) is 5.16 Å². The average Bonchev–Trinajstić information content (AvgIpc) is 3.11. The molecule has 6 heteroatoms. The van der Waals surface area contributed by atoms with Gasteiger partial charge < -0.3 is 4.90 Å². The molecule has 0 spiro atoms. The van der Waals surface area contributed by atoms with Crippen LogP contribution in [0.2, 0.25) is 0 Å². The quantitative estimate of drug-likeness (QED) is 0.849. The topological polar surface area (TPSA) is 51.0 Å². The average molecular weight is 314 g/mol. The molecule has 0 aliphatic carbocycles. The van der Waals surface area contributed by atoms with E-state index in [9.17, 15) is 4.79 Å². The molecule has 5 nitrogen and oxygen atoms in total. The van der Waals surface area contributed by atoms with E-state index >= 15 is 0 Å². The summed E-state index contributed by atoms with van der Waals surface area (Å²) in [4.78, 5) is 14.4. The van der Waals surface area contributed by atoms with Crippen molar-refractivity contribution in [1.29, 1.82) is 0 Å². The smallest absolute Gasteiger partial charge is 0.251 e. The number of thioether (sulfide) groups is 1. The minimum atomic E-state index is -0.215. The van der Waals surface area contributed by atoms with Crippen LogP contribution in [-0.4, -0.2) is 39.0 Å². The molecule has 1 atom stereocenters. The Balaban J connectivity index is 1.69. The molecule has 114 valence electrons. The van der Waals surface area contributed by atoms with Gasteiger partial charge >= 0.3 is 0 Å². The van der Waals surface area contributed by atoms with Gasteiger partial charge in [0.05, 0.1) is 0 Å². The molecule has 0 saturated heterocycles. The number of hydrogen-bond acceptors (Lipinski definition) is 5. The number of rotatable bonds is 5. The first-order valence-corrected chi connectivity index (χ1v) is 8.25. The van der Waals surface area contributed by atoms with E-state index in [0.717, 1.165) is 18.7 Å². The molecule has 0 fully saturated rings. The monoisotopic (exact) mass is 314 g/mol. The third kappa shape index (κ3) is 2.78. The summed E-state index contributed by atoms with van der Waals surface area (Å²) in [5.41, 5.74) is 2.31. The molecule has 0 N–H and O–H groups in total. The molecular weight excluding hydrogens is 296 g/mol. The van der Waals surface area contributed by atoms with Crippen LogP contribution in [0.3, 0.4) is 0 Å². The zero-order chi connectivity index (χ0) is 15.5. The molecule has 0 radical (unpaired) electrons. The molecule has 0 amide bonds. The molecule has 2 heterocycles. The Bertz CT molecular complexity index is 688. The molecular formula is C16H18N4OS. The van der Waals surface area contributed by atoms with Gasteiger partial charge in [-0.25, -0.2) is 4.57 Å². The molecule has 1 aliphatic heterocycles. The van der Waals surface area contributed by atoms with E-state index in [4.69, 9.17) is 0 Å². The fourth-order valence-corrected chi connectivity index (χ4v) is 3.41. The Kier molecular flexibility index (Phi) is 4.29. The number of anilines is 1. The van der Waals surface area contributed by atoms with Crippen LogP contribution >= 0.6 is 11.8 Å². The number of aromatic nitrogens is 3. The fourth-order valence-electron chi connectivity index (χ4n) is 2.46. The lowest BCUT2D eigenvalue weighted by atomic mass is 10.1. The Morgan fingerprint density at radius 3 is 2.64 bits per heavy atom. The van der Waals surface area contributed by atoms with Crippen LogP contribution < -0.4 is 4.90 Å². The Hall–Kier alpha value is -2.08. The summed E-state index contributed by atoms with van der Waals surface area (Å²) < 4.78 is 1.50. The van der Waals surface area contributed by atoms with Gasteiger partial charge in [-0.2, -0.15) is 0 Å². The minimum absolute atomic E-state index is 0.0148. The van der Waals surface area contributed by atoms with E-state index in [1.54, 1.807) is 0 Å². The minimum Gasteiger partial charge on any atom is -0.372 e. The Morgan fingerprint density at radius 1 is 1.27 bits per heavy atom. The molecule has 2 aromatic rings. The number of benzene rings is 1. The molecule has 1 aromatic carbocycles. The summed E-state index contributed by atoms with van der Waals surface area (Å²) in [5, 5.41) is 8.10. The predicted octanol–water partition coefficient (Wildman–Crippen LogP) is 2.95. The Labute approximate surface area is 134 Å². The third-order valence-electron chi connectivity index (χ3n) is 3.71. The first-order chi connectivity index (χ1) is 10.7. The fraction of sp³-hybridized carbons (Fsp3) is 0.312. The van der Waals surface area contributed by atoms with E-state index in [1.165, 1.54) is 28.3 Å². The standard InChI is InChI=1S/C16H18N4OS/c1-3-19(4-2)13-8-5-12(6-9-13)7-10-14-15(21)20-11-17-18-16(20)22-14/h5-11,14H,3-4H2,1-2H3/b10-7-. The van der Waals surface area contributed by atoms with Gasteiger partial charge in [-0.1, -0.05) is 36.0 Å². The second kappa shape index (κ2) is 6.36. The van der Waals surface area contributed by atoms with Gasteiger partial charge in [-0.15, -0.1) is 10.2 Å². The third-order valence-corrected chi connectivity index (χ3v) is 4.82. The van der Waals surface area contributed by atoms with Crippen LogP contribution in [0.5, 0.6) is 0 Å². The van der Waals surface area contributed by atoms with Crippen molar-refractivity contribution in [3.05, 3.63) is 42.2 Å². The number of nitrogens with zero attached hydrogens (tertiary/aromatic N) is 4. The lowest BCUT2D eigenvalue weighted by Gasteiger charge is -2.20. The second-order valence-electron chi connectivity index (χ2n) is 4.98. The van der Waals surface area contributed by atoms with Gasteiger partial charge in [-0.05, 0) is 31.5 Å². The molecule has 1 aliphatic rings. The van der Waals surface area contributed by atoms with Crippen LogP contribution in [0.25, 0.3) is 6.08 Å². The highest BCUT2D eigenvalue weighted by atomic mass is 32.2. The van der Waals surface area contributed by atoms with E-state index < -0.39 is 0 Å². The summed E-state index contributed by atoms with van der Waals surface area (Å²) in [6, 6.07) is 8.39. The number of carbonyl (C=O) groups excluding carboxylic acids is 1. The zero-order valence-electron chi connectivity index (χ0n) is 12.6. The number of hydrogen-bond donors (Lipinski definition) is 0. The van der Waals surface area contributed by atoms with Crippen molar-refractivity contribution >= 4 is 29.4 Å². The van der Waals surface area contributed by atoms with Crippen molar-refractivity contribution in [3.63, 3.8) is 0 Å². The van der Waals surface area contributed by atoms with Crippen LogP contribution in [0, 0.1) is 0 Å². The SMILES string of the molecule is CCN(CC)c1ccc(/C=C\C2Sc3nncn3C2=O)cc1. The summed E-state index contributed by atoms with van der Waals surface area (Å²) in [6.45, 7) is 6.30. The van der Waals surface area contributed by atoms with Crippen molar-refractivity contribution < 1.29 is 4.79 Å². The lowest BCUT2D eigenvalue weighted by molar-refractivity contribution is 0.0921. The van der Waals surface area contributed by atoms with Gasteiger partial charge in [0, 0.05) is 18.8 Å². The van der Waals surface area contributed by atoms with Crippen molar-refractivity contribution in [2.45, 2.75) is 24.3 Å². The summed E-state index contributed by atoms with van der Waals surface area (Å²) in [7, 11) is 0. The highest BCUT2D eigenvalue weighted by molar-refractivity contribution is 8.01. The van der Waals surface area contributed by atoms with Crippen LogP contribution in [-0.2, 0) is 0 Å². The van der Waals surface area contributed by atoms with E-state index in [0.29, 0.717) is 5.16 Å². The predicted molar refractivity (Wildman–Crippen MR) is 89.3 cm³/mol.